The van der Waals surface area contributed by atoms with Gasteiger partial charge in [-0.05, 0) is 36.0 Å². The fourth-order valence-corrected chi connectivity index (χ4v) is 0.628. The number of hydrogen-bond acceptors (Lipinski definition) is 1. The van der Waals surface area contributed by atoms with E-state index in [1.165, 1.54) is 0 Å². The average molecular weight is 238 g/mol. The molecule has 1 aromatic carbocycles. The summed E-state index contributed by atoms with van der Waals surface area (Å²) < 4.78 is 0. The molecule has 0 fully saturated rings. The van der Waals surface area contributed by atoms with Gasteiger partial charge in [0.15, 0.2) is 0 Å². The number of phenols is 1. The van der Waals surface area contributed by atoms with Gasteiger partial charge in [0, 0.05) is 0 Å². The van der Waals surface area contributed by atoms with Crippen molar-refractivity contribution in [3.63, 3.8) is 0 Å². The van der Waals surface area contributed by atoms with E-state index < -0.39 is 0 Å². The molecule has 0 aliphatic rings. The lowest BCUT2D eigenvalue weighted by molar-refractivity contribution is 0.469. The average Bonchev–Trinajstić information content (AvgIpc) is 1.97. The Labute approximate surface area is 108 Å². The molecular formula is C16H30O. The largest absolute Gasteiger partial charge is 0.508 e. The third kappa shape index (κ3) is 31.3. The molecule has 0 atom stereocenters. The van der Waals surface area contributed by atoms with E-state index in [1.54, 1.807) is 12.1 Å². The summed E-state index contributed by atoms with van der Waals surface area (Å²) in [5, 5.41) is 8.81. The second-order valence-electron chi connectivity index (χ2n) is 6.57. The maximum Gasteiger partial charge on any atom is 0.115 e. The molecule has 1 nitrogen and oxygen atoms in total. The Morgan fingerprint density at radius 1 is 1.00 bits per heavy atom. The van der Waals surface area contributed by atoms with Crippen molar-refractivity contribution in [2.45, 2.75) is 55.4 Å². The number of rotatable bonds is 0. The lowest BCUT2D eigenvalue weighted by atomic mass is 10.0. The Morgan fingerprint density at radius 3 is 1.53 bits per heavy atom. The highest BCUT2D eigenvalue weighted by Crippen LogP contribution is 2.08. The highest BCUT2D eigenvalue weighted by Gasteiger charge is 1.95. The molecule has 0 heterocycles. The summed E-state index contributed by atoms with van der Waals surface area (Å²) in [5.41, 5.74) is 1.59. The molecule has 0 bridgehead atoms. The Bertz CT molecular complexity index is 256. The lowest BCUT2D eigenvalue weighted by Crippen LogP contribution is -1.93. The van der Waals surface area contributed by atoms with Crippen LogP contribution in [0.1, 0.15) is 54.0 Å². The molecule has 1 rings (SSSR count). The molecule has 0 radical (unpaired) electrons. The van der Waals surface area contributed by atoms with E-state index in [4.69, 9.17) is 5.11 Å². The highest BCUT2D eigenvalue weighted by molar-refractivity contribution is 5.25. The smallest absolute Gasteiger partial charge is 0.115 e. The summed E-state index contributed by atoms with van der Waals surface area (Å²) in [4.78, 5) is 0. The Hall–Kier alpha value is -0.980. The molecule has 0 spiro atoms. The van der Waals surface area contributed by atoms with Gasteiger partial charge in [-0.3, -0.25) is 0 Å². The van der Waals surface area contributed by atoms with Crippen LogP contribution in [0, 0.1) is 18.3 Å². The molecule has 0 saturated carbocycles. The molecule has 1 heteroatoms. The summed E-state index contributed by atoms with van der Waals surface area (Å²) >= 11 is 0. The van der Waals surface area contributed by atoms with Crippen LogP contribution in [0.5, 0.6) is 5.75 Å². The Balaban J connectivity index is 0. The van der Waals surface area contributed by atoms with E-state index in [2.05, 4.69) is 48.5 Å². The Morgan fingerprint density at radius 2 is 1.35 bits per heavy atom. The first-order chi connectivity index (χ1) is 7.52. The van der Waals surface area contributed by atoms with Crippen LogP contribution < -0.4 is 0 Å². The van der Waals surface area contributed by atoms with Gasteiger partial charge in [0.05, 0.1) is 0 Å². The Kier molecular flexibility index (Phi) is 9.83. The first-order valence-corrected chi connectivity index (χ1v) is 6.28. The van der Waals surface area contributed by atoms with E-state index in [0.717, 1.165) is 11.5 Å². The first-order valence-electron chi connectivity index (χ1n) is 6.28. The number of hydrogen-bond donors (Lipinski definition) is 1. The van der Waals surface area contributed by atoms with Gasteiger partial charge in [-0.2, -0.15) is 0 Å². The van der Waals surface area contributed by atoms with E-state index in [9.17, 15) is 0 Å². The molecule has 0 unspecified atom stereocenters. The molecule has 0 aromatic heterocycles. The zero-order valence-corrected chi connectivity index (χ0v) is 12.8. The minimum atomic E-state index is 0.338. The fourth-order valence-electron chi connectivity index (χ4n) is 0.628. The van der Waals surface area contributed by atoms with Crippen LogP contribution in [0.2, 0.25) is 0 Å². The van der Waals surface area contributed by atoms with E-state index in [0.29, 0.717) is 11.2 Å². The molecule has 0 saturated heterocycles. The van der Waals surface area contributed by atoms with Crippen molar-refractivity contribution >= 4 is 0 Å². The van der Waals surface area contributed by atoms with Crippen LogP contribution in [0.3, 0.4) is 0 Å². The molecule has 100 valence electrons. The second kappa shape index (κ2) is 9.09. The first kappa shape index (κ1) is 18.4. The van der Waals surface area contributed by atoms with Gasteiger partial charge in [0.25, 0.3) is 0 Å². The standard InChI is InChI=1S/C7H8O.C5H12.C4H10/c1-6-3-2-4-7(8)5-6;1-5(2,3)4;1-4(2)3/h2-5,8H,1H3;1-4H3;4H,1-3H3. The summed E-state index contributed by atoms with van der Waals surface area (Å²) in [6.45, 7) is 17.2. The second-order valence-corrected chi connectivity index (χ2v) is 6.57. The quantitative estimate of drug-likeness (QED) is 0.640. The molecule has 0 aliphatic heterocycles. The third-order valence-corrected chi connectivity index (χ3v) is 1.00. The van der Waals surface area contributed by atoms with Gasteiger partial charge < -0.3 is 5.11 Å². The molecule has 0 amide bonds. The van der Waals surface area contributed by atoms with Gasteiger partial charge in [0.2, 0.25) is 0 Å². The van der Waals surface area contributed by atoms with Crippen molar-refractivity contribution < 1.29 is 5.11 Å². The van der Waals surface area contributed by atoms with Crippen LogP contribution in [0.15, 0.2) is 24.3 Å². The summed E-state index contributed by atoms with van der Waals surface area (Å²) in [6.07, 6.45) is 0. The van der Waals surface area contributed by atoms with Crippen LogP contribution in [-0.2, 0) is 0 Å². The van der Waals surface area contributed by atoms with Gasteiger partial charge >= 0.3 is 0 Å². The van der Waals surface area contributed by atoms with Crippen molar-refractivity contribution in [1.29, 1.82) is 0 Å². The van der Waals surface area contributed by atoms with Crippen molar-refractivity contribution in [2.75, 3.05) is 0 Å². The maximum absolute atomic E-state index is 8.81. The van der Waals surface area contributed by atoms with Crippen LogP contribution in [-0.4, -0.2) is 5.11 Å². The molecule has 1 N–H and O–H groups in total. The van der Waals surface area contributed by atoms with Gasteiger partial charge in [-0.1, -0.05) is 60.6 Å². The van der Waals surface area contributed by atoms with Crippen LogP contribution in [0.4, 0.5) is 0 Å². The maximum atomic E-state index is 8.81. The zero-order valence-electron chi connectivity index (χ0n) is 12.8. The SMILES string of the molecule is CC(C)(C)C.CC(C)C.Cc1cccc(O)c1. The number of aromatic hydroxyl groups is 1. The molecular weight excluding hydrogens is 208 g/mol. The van der Waals surface area contributed by atoms with E-state index in [-0.39, 0.29) is 0 Å². The summed E-state index contributed by atoms with van der Waals surface area (Å²) in [5.74, 6) is 1.17. The lowest BCUT2D eigenvalue weighted by Gasteiger charge is -2.05. The predicted octanol–water partition coefficient (Wildman–Crippen LogP) is 5.42. The van der Waals surface area contributed by atoms with E-state index >= 15 is 0 Å². The minimum absolute atomic E-state index is 0.338. The van der Waals surface area contributed by atoms with Crippen molar-refractivity contribution in [3.05, 3.63) is 29.8 Å². The van der Waals surface area contributed by atoms with Crippen molar-refractivity contribution in [3.8, 4) is 5.75 Å². The van der Waals surface area contributed by atoms with Crippen molar-refractivity contribution in [2.24, 2.45) is 11.3 Å². The van der Waals surface area contributed by atoms with Crippen molar-refractivity contribution in [1.82, 2.24) is 0 Å². The van der Waals surface area contributed by atoms with Crippen LogP contribution in [0.25, 0.3) is 0 Å². The normalized spacial score (nSPS) is 9.94. The number of aryl methyl sites for hydroxylation is 1. The molecule has 0 aliphatic carbocycles. The number of phenolic OH excluding ortho intramolecular Hbond substituents is 1. The van der Waals surface area contributed by atoms with Crippen LogP contribution >= 0.6 is 0 Å². The topological polar surface area (TPSA) is 20.2 Å². The highest BCUT2D eigenvalue weighted by atomic mass is 16.3. The molecule has 1 aromatic rings. The summed E-state index contributed by atoms with van der Waals surface area (Å²) in [6, 6.07) is 7.15. The van der Waals surface area contributed by atoms with Gasteiger partial charge in [-0.15, -0.1) is 0 Å². The monoisotopic (exact) mass is 238 g/mol. The number of benzene rings is 1. The minimum Gasteiger partial charge on any atom is -0.508 e. The van der Waals surface area contributed by atoms with Gasteiger partial charge in [0.1, 0.15) is 5.75 Å². The van der Waals surface area contributed by atoms with Gasteiger partial charge in [-0.25, -0.2) is 0 Å². The predicted molar refractivity (Wildman–Crippen MR) is 78.5 cm³/mol. The zero-order chi connectivity index (χ0) is 14.1. The fraction of sp³-hybridized carbons (Fsp3) is 0.625. The summed E-state index contributed by atoms with van der Waals surface area (Å²) in [7, 11) is 0. The molecule has 17 heavy (non-hydrogen) atoms. The third-order valence-electron chi connectivity index (χ3n) is 1.00. The van der Waals surface area contributed by atoms with E-state index in [1.807, 2.05) is 19.1 Å².